The minimum Gasteiger partial charge on any atom is -0.296 e. The third-order valence-corrected chi connectivity index (χ3v) is 6.07. The van der Waals surface area contributed by atoms with Gasteiger partial charge >= 0.3 is 0 Å². The van der Waals surface area contributed by atoms with Crippen LogP contribution in [0.1, 0.15) is 43.0 Å². The Kier molecular flexibility index (Phi) is 6.06. The monoisotopic (exact) mass is 407 g/mol. The Morgan fingerprint density at radius 2 is 2.11 bits per heavy atom. The molecule has 0 atom stereocenters. The molecule has 0 saturated carbocycles. The molecular formula is C14H19Br2NOS. The molecule has 0 spiro atoms. The Morgan fingerprint density at radius 3 is 2.63 bits per heavy atom. The van der Waals surface area contributed by atoms with Gasteiger partial charge in [-0.15, -0.1) is 11.3 Å². The minimum atomic E-state index is 0.225. The predicted octanol–water partition coefficient (Wildman–Crippen LogP) is 4.97. The van der Waals surface area contributed by atoms with Crippen LogP contribution < -0.4 is 0 Å². The summed E-state index contributed by atoms with van der Waals surface area (Å²) in [4.78, 5) is 14.6. The van der Waals surface area contributed by atoms with Gasteiger partial charge in [-0.2, -0.15) is 0 Å². The van der Waals surface area contributed by atoms with Crippen LogP contribution in [0.2, 0.25) is 0 Å². The van der Waals surface area contributed by atoms with E-state index >= 15 is 0 Å². The second-order valence-corrected chi connectivity index (χ2v) is 8.92. The molecule has 0 aliphatic carbocycles. The molecule has 1 aliphatic heterocycles. The van der Waals surface area contributed by atoms with Crippen molar-refractivity contribution in [3.05, 3.63) is 19.2 Å². The molecule has 5 heteroatoms. The second-order valence-electron chi connectivity index (χ2n) is 5.17. The molecule has 0 amide bonds. The van der Waals surface area contributed by atoms with Gasteiger partial charge in [-0.1, -0.05) is 19.8 Å². The number of carbonyl (C=O) groups excluding carboxylic acids is 1. The lowest BCUT2D eigenvalue weighted by atomic mass is 9.92. The minimum absolute atomic E-state index is 0.225. The highest BCUT2D eigenvalue weighted by Gasteiger charge is 2.22. The smallest absolute Gasteiger partial charge is 0.178 e. The molecular weight excluding hydrogens is 390 g/mol. The molecule has 0 radical (unpaired) electrons. The zero-order valence-corrected chi connectivity index (χ0v) is 15.1. The summed E-state index contributed by atoms with van der Waals surface area (Å²) in [6.45, 7) is 4.95. The Hall–Kier alpha value is 0.290. The molecule has 2 nitrogen and oxygen atoms in total. The average molecular weight is 409 g/mol. The summed E-state index contributed by atoms with van der Waals surface area (Å²) in [7, 11) is 0. The van der Waals surface area contributed by atoms with Crippen molar-refractivity contribution in [1.82, 2.24) is 4.90 Å². The third kappa shape index (κ3) is 4.38. The zero-order valence-electron chi connectivity index (χ0n) is 11.1. The van der Waals surface area contributed by atoms with E-state index < -0.39 is 0 Å². The SMILES string of the molecule is CCCC1CCN(CC(=O)c2cc(Br)sc2Br)CC1. The molecule has 106 valence electrons. The zero-order chi connectivity index (χ0) is 13.8. The Balaban J connectivity index is 1.85. The van der Waals surface area contributed by atoms with Gasteiger partial charge in [0.05, 0.1) is 14.1 Å². The largest absolute Gasteiger partial charge is 0.296 e. The topological polar surface area (TPSA) is 20.3 Å². The summed E-state index contributed by atoms with van der Waals surface area (Å²) in [6, 6.07) is 1.92. The number of hydrogen-bond donors (Lipinski definition) is 0. The first kappa shape index (κ1) is 15.7. The van der Waals surface area contributed by atoms with Crippen molar-refractivity contribution in [3.63, 3.8) is 0 Å². The van der Waals surface area contributed by atoms with Gasteiger partial charge in [-0.3, -0.25) is 9.69 Å². The van der Waals surface area contributed by atoms with Crippen LogP contribution in [-0.2, 0) is 0 Å². The lowest BCUT2D eigenvalue weighted by Gasteiger charge is -2.31. The first-order chi connectivity index (χ1) is 9.10. The standard InChI is InChI=1S/C14H19Br2NOS/c1-2-3-10-4-6-17(7-5-10)9-12(18)11-8-13(15)19-14(11)16/h8,10H,2-7,9H2,1H3. The fraction of sp³-hybridized carbons (Fsp3) is 0.643. The van der Waals surface area contributed by atoms with Crippen molar-refractivity contribution in [2.75, 3.05) is 19.6 Å². The van der Waals surface area contributed by atoms with Crippen molar-refractivity contribution >= 4 is 49.0 Å². The van der Waals surface area contributed by atoms with E-state index in [1.54, 1.807) is 11.3 Å². The van der Waals surface area contributed by atoms with Gasteiger partial charge in [0.2, 0.25) is 0 Å². The summed E-state index contributed by atoms with van der Waals surface area (Å²) in [6.07, 6.45) is 5.11. The molecule has 1 aromatic heterocycles. The van der Waals surface area contributed by atoms with E-state index in [0.717, 1.165) is 32.1 Å². The maximum atomic E-state index is 12.3. The molecule has 1 aliphatic rings. The number of nitrogens with zero attached hydrogens (tertiary/aromatic N) is 1. The Bertz CT molecular complexity index is 439. The molecule has 1 fully saturated rings. The van der Waals surface area contributed by atoms with Crippen molar-refractivity contribution in [2.45, 2.75) is 32.6 Å². The number of Topliss-reactive ketones (excluding diaryl/α,β-unsaturated/α-hetero) is 1. The summed E-state index contributed by atoms with van der Waals surface area (Å²) in [5, 5.41) is 0. The van der Waals surface area contributed by atoms with E-state index in [1.807, 2.05) is 6.07 Å². The van der Waals surface area contributed by atoms with E-state index in [4.69, 9.17) is 0 Å². The first-order valence-corrected chi connectivity index (χ1v) is 9.20. The van der Waals surface area contributed by atoms with Crippen LogP contribution in [0.4, 0.5) is 0 Å². The number of thiophene rings is 1. The van der Waals surface area contributed by atoms with Gasteiger partial charge in [0.15, 0.2) is 5.78 Å². The van der Waals surface area contributed by atoms with E-state index in [2.05, 4.69) is 43.7 Å². The van der Waals surface area contributed by atoms with Crippen molar-refractivity contribution in [1.29, 1.82) is 0 Å². The summed E-state index contributed by atoms with van der Waals surface area (Å²) < 4.78 is 1.94. The van der Waals surface area contributed by atoms with Crippen LogP contribution in [-0.4, -0.2) is 30.3 Å². The average Bonchev–Trinajstić information content (AvgIpc) is 2.71. The summed E-state index contributed by atoms with van der Waals surface area (Å²) in [5.74, 6) is 1.10. The highest BCUT2D eigenvalue weighted by molar-refractivity contribution is 9.12. The quantitative estimate of drug-likeness (QED) is 0.641. The molecule has 0 N–H and O–H groups in total. The van der Waals surface area contributed by atoms with Crippen molar-refractivity contribution < 1.29 is 4.79 Å². The molecule has 0 bridgehead atoms. The Labute approximate surface area is 135 Å². The van der Waals surface area contributed by atoms with Gasteiger partial charge in [0, 0.05) is 5.56 Å². The lowest BCUT2D eigenvalue weighted by Crippen LogP contribution is -2.37. The fourth-order valence-corrected chi connectivity index (χ4v) is 5.52. The number of halogens is 2. The predicted molar refractivity (Wildman–Crippen MR) is 88.1 cm³/mol. The number of rotatable bonds is 5. The maximum Gasteiger partial charge on any atom is 0.178 e. The molecule has 1 aromatic rings. The normalized spacial score (nSPS) is 17.8. The number of hydrogen-bond acceptors (Lipinski definition) is 3. The lowest BCUT2D eigenvalue weighted by molar-refractivity contribution is 0.0892. The number of carbonyl (C=O) groups is 1. The number of likely N-dealkylation sites (tertiary alicyclic amines) is 1. The molecule has 19 heavy (non-hydrogen) atoms. The summed E-state index contributed by atoms with van der Waals surface area (Å²) >= 11 is 8.45. The van der Waals surface area contributed by atoms with Crippen LogP contribution in [0.3, 0.4) is 0 Å². The number of piperidine rings is 1. The van der Waals surface area contributed by atoms with Gasteiger partial charge in [-0.05, 0) is 69.8 Å². The van der Waals surface area contributed by atoms with Crippen LogP contribution >= 0.6 is 43.2 Å². The van der Waals surface area contributed by atoms with E-state index in [9.17, 15) is 4.79 Å². The fourth-order valence-electron chi connectivity index (χ4n) is 2.66. The van der Waals surface area contributed by atoms with Gasteiger partial charge in [-0.25, -0.2) is 0 Å². The van der Waals surface area contributed by atoms with Crippen LogP contribution in [0.15, 0.2) is 13.6 Å². The highest BCUT2D eigenvalue weighted by atomic mass is 79.9. The van der Waals surface area contributed by atoms with Crippen LogP contribution in [0, 0.1) is 5.92 Å². The molecule has 2 heterocycles. The molecule has 0 aromatic carbocycles. The van der Waals surface area contributed by atoms with Crippen molar-refractivity contribution in [3.8, 4) is 0 Å². The first-order valence-electron chi connectivity index (χ1n) is 6.80. The maximum absolute atomic E-state index is 12.3. The van der Waals surface area contributed by atoms with Gasteiger partial charge < -0.3 is 0 Å². The van der Waals surface area contributed by atoms with Crippen LogP contribution in [0.5, 0.6) is 0 Å². The van der Waals surface area contributed by atoms with E-state index in [-0.39, 0.29) is 5.78 Å². The van der Waals surface area contributed by atoms with Gasteiger partial charge in [0.25, 0.3) is 0 Å². The van der Waals surface area contributed by atoms with E-state index in [1.165, 1.54) is 25.7 Å². The van der Waals surface area contributed by atoms with Crippen LogP contribution in [0.25, 0.3) is 0 Å². The third-order valence-electron chi connectivity index (χ3n) is 3.73. The highest BCUT2D eigenvalue weighted by Crippen LogP contribution is 2.32. The van der Waals surface area contributed by atoms with E-state index in [0.29, 0.717) is 6.54 Å². The van der Waals surface area contributed by atoms with Crippen molar-refractivity contribution in [2.24, 2.45) is 5.92 Å². The molecule has 2 rings (SSSR count). The number of ketones is 1. The van der Waals surface area contributed by atoms with Gasteiger partial charge in [0.1, 0.15) is 0 Å². The molecule has 0 unspecified atom stereocenters. The Morgan fingerprint density at radius 1 is 1.42 bits per heavy atom. The molecule has 1 saturated heterocycles. The second kappa shape index (κ2) is 7.34. The summed E-state index contributed by atoms with van der Waals surface area (Å²) in [5.41, 5.74) is 0.813.